The van der Waals surface area contributed by atoms with Crippen LogP contribution in [0.1, 0.15) is 282 Å². The van der Waals surface area contributed by atoms with E-state index in [2.05, 4.69) is 240 Å². The molecule has 3 amide bonds. The Bertz CT molecular complexity index is 4710. The molecule has 12 rings (SSSR count). The van der Waals surface area contributed by atoms with Crippen LogP contribution in [-0.4, -0.2) is 215 Å². The van der Waals surface area contributed by atoms with Crippen LogP contribution in [0.2, 0.25) is 0 Å². The molecule has 9 aromatic rings. The van der Waals surface area contributed by atoms with Gasteiger partial charge in [0.25, 0.3) is 0 Å². The minimum atomic E-state index is -0.0314. The van der Waals surface area contributed by atoms with Gasteiger partial charge in [0.1, 0.15) is 48.5 Å². The molecule has 39 nitrogen and oxygen atoms in total. The monoisotopic (exact) mass is 1870 g/mol. The lowest BCUT2D eigenvalue weighted by Gasteiger charge is -2.34. The molecule has 6 aromatic heterocycles. The van der Waals surface area contributed by atoms with E-state index >= 15 is 0 Å². The zero-order chi connectivity index (χ0) is 98.1. The highest BCUT2D eigenvalue weighted by atomic mass is 16.5. The number of hydrogen-bond donors (Lipinski definition) is 8. The first kappa shape index (κ1) is 106. The fraction of sp³-hybridized carbons (Fsp3) is 0.594. The number of hydrazine groups is 1. The maximum atomic E-state index is 12.6. The number of benzene rings is 3. The third-order valence-electron chi connectivity index (χ3n) is 21.3. The molecular formula is C96H148N30O9. The largest absolute Gasteiger partial charge is 0.457 e. The number of nitrogens with one attached hydrogen (secondary N) is 6. The summed E-state index contributed by atoms with van der Waals surface area (Å²) in [6.45, 7) is 54.0. The Labute approximate surface area is 796 Å². The first-order valence-corrected chi connectivity index (χ1v) is 47.7. The van der Waals surface area contributed by atoms with Gasteiger partial charge in [-0.2, -0.15) is 29.9 Å². The van der Waals surface area contributed by atoms with Crippen molar-refractivity contribution in [2.24, 2.45) is 29.3 Å². The molecule has 3 saturated heterocycles. The van der Waals surface area contributed by atoms with Gasteiger partial charge >= 0.3 is 36.1 Å². The summed E-state index contributed by atoms with van der Waals surface area (Å²) in [5.74, 6) is 14.0. The molecule has 0 saturated carbocycles. The summed E-state index contributed by atoms with van der Waals surface area (Å²) < 4.78 is 38.6. The SMILES string of the molecule is CC(C)CC(=O)N1CCC(Nc2nc(NC3CCN(C(=O)CC(C)C)CC3)nc(NC3CCN(C(=O)CC(C)C)CC3)n2)CC1.CC(C)N(N)/C=C(\N)COc1nc(OCc2cn(C(C)C)nn2)nc(OCc2cn(C(C)C)nn2)n1.CC(C)Nc1nc(NC(C)C)nc(NC(C)C)n1.CC(C)c1cccc(Oc2nc(Oc3cccc(C(C)C)c3)nc(Oc3cccc(C(C)C)c3)n2)c1. The van der Waals surface area contributed by atoms with Gasteiger partial charge in [-0.3, -0.25) is 14.4 Å². The average molecular weight is 1870 g/mol. The van der Waals surface area contributed by atoms with E-state index in [1.165, 1.54) is 5.01 Å². The van der Waals surface area contributed by atoms with E-state index in [0.29, 0.717) is 125 Å². The smallest absolute Gasteiger partial charge is 0.331 e. The van der Waals surface area contributed by atoms with Crippen LogP contribution in [0.4, 0.5) is 35.7 Å². The molecule has 9 heterocycles. The van der Waals surface area contributed by atoms with Crippen LogP contribution in [0.25, 0.3) is 0 Å². The summed E-state index contributed by atoms with van der Waals surface area (Å²) in [4.78, 5) is 96.8. The van der Waals surface area contributed by atoms with Gasteiger partial charge < -0.3 is 85.8 Å². The van der Waals surface area contributed by atoms with Crippen LogP contribution in [0, 0.1) is 17.8 Å². The fourth-order valence-corrected chi connectivity index (χ4v) is 13.9. The van der Waals surface area contributed by atoms with E-state index in [0.717, 1.165) is 94.5 Å². The molecule has 736 valence electrons. The number of carbonyl (C=O) groups excluding carboxylic acids is 3. The van der Waals surface area contributed by atoms with Crippen molar-refractivity contribution < 1.29 is 42.8 Å². The third-order valence-corrected chi connectivity index (χ3v) is 21.3. The molecule has 0 unspecified atom stereocenters. The Kier molecular flexibility index (Phi) is 41.0. The first-order valence-electron chi connectivity index (χ1n) is 47.7. The van der Waals surface area contributed by atoms with Gasteiger partial charge in [-0.15, -0.1) is 40.1 Å². The van der Waals surface area contributed by atoms with Crippen molar-refractivity contribution in [3.05, 3.63) is 125 Å². The Hall–Kier alpha value is -12.7. The van der Waals surface area contributed by atoms with Gasteiger partial charge in [0.05, 0.1) is 18.1 Å². The number of rotatable bonds is 40. The van der Waals surface area contributed by atoms with E-state index < -0.39 is 0 Å². The van der Waals surface area contributed by atoms with Crippen LogP contribution in [-0.2, 0) is 27.6 Å². The molecule has 0 radical (unpaired) electrons. The summed E-state index contributed by atoms with van der Waals surface area (Å²) in [6, 6.07) is 25.6. The summed E-state index contributed by atoms with van der Waals surface area (Å²) >= 11 is 0. The molecule has 10 N–H and O–H groups in total. The second-order valence-electron chi connectivity index (χ2n) is 38.2. The van der Waals surface area contributed by atoms with E-state index in [1.807, 2.05) is 111 Å². The second-order valence-corrected chi connectivity index (χ2v) is 38.2. The average Bonchev–Trinajstić information content (AvgIpc) is 1.55. The third kappa shape index (κ3) is 36.9. The molecule has 0 atom stereocenters. The van der Waals surface area contributed by atoms with Gasteiger partial charge in [-0.05, 0) is 210 Å². The molecule has 0 bridgehead atoms. The highest BCUT2D eigenvalue weighted by molar-refractivity contribution is 5.77. The Balaban J connectivity index is 0.000000209. The number of anilines is 6. The standard InChI is InChI=1S/C33H57N9O3.C30H33N3O3.C21H34N12O3.C12H24N6/c1-22(2)19-28(43)40-13-7-25(8-14-40)34-31-37-32(35-26-9-15-41(16-10-26)29(44)20-23(3)4)39-33(38-31)36-27-11-17-42(18-12-27)30(45)21-24(5)6;1-19(2)22-10-7-13-25(16-22)34-28-31-29(35-26-14-8-11-23(17-26)20(3)4)33-30(32-28)36-27-15-9-12-24(18-27)21(5)6;1-13(2)31(23)7-16(22)10-34-19-24-20(35-11-17-8-32(14(3)4)29-27-17)26-21(25-19)36-12-18-9-33(15(5)6)30-28-18;1-7(2)13-10-16-11(14-8(3)4)18-12(17-10)15-9(5)6/h22-27H,7-21H2,1-6H3,(H3,34,35,36,37,38,39);7-21H,1-6H3;7-9,13-15H,10-12,22-23H2,1-6H3;7-9H,1-6H3,(H3,13,14,15,16,17,18)/b;;16-7-;. The Morgan fingerprint density at radius 1 is 0.393 bits per heavy atom. The van der Waals surface area contributed by atoms with Crippen LogP contribution < -0.4 is 71.9 Å². The Morgan fingerprint density at radius 2 is 0.674 bits per heavy atom. The number of piperidine rings is 3. The lowest BCUT2D eigenvalue weighted by Crippen LogP contribution is -2.43. The van der Waals surface area contributed by atoms with Gasteiger partial charge in [0.2, 0.25) is 53.4 Å². The fourth-order valence-electron chi connectivity index (χ4n) is 13.9. The van der Waals surface area contributed by atoms with Crippen molar-refractivity contribution in [2.45, 2.75) is 309 Å². The predicted octanol–water partition coefficient (Wildman–Crippen LogP) is 16.3. The van der Waals surface area contributed by atoms with E-state index in [-0.39, 0.29) is 128 Å². The molecule has 39 heteroatoms. The lowest BCUT2D eigenvalue weighted by molar-refractivity contribution is -0.133. The Morgan fingerprint density at radius 3 is 0.933 bits per heavy atom. The van der Waals surface area contributed by atoms with Crippen LogP contribution in [0.15, 0.2) is 97.1 Å². The second kappa shape index (κ2) is 52.2. The maximum Gasteiger partial charge on any atom is 0.331 e. The van der Waals surface area contributed by atoms with Crippen LogP contribution >= 0.6 is 0 Å². The number of ether oxygens (including phenoxy) is 6. The zero-order valence-corrected chi connectivity index (χ0v) is 83.7. The molecule has 3 aliphatic heterocycles. The van der Waals surface area contributed by atoms with Gasteiger partial charge in [-0.25, -0.2) is 15.2 Å². The molecular weight excluding hydrogens is 1720 g/mol. The van der Waals surface area contributed by atoms with Gasteiger partial charge in [0, 0.05) is 119 Å². The number of hydrogen-bond acceptors (Lipinski definition) is 34. The number of nitrogens with two attached hydrogens (primary N) is 2. The van der Waals surface area contributed by atoms with Gasteiger partial charge in [-0.1, -0.05) is 130 Å². The number of amides is 3. The number of aromatic nitrogens is 18. The van der Waals surface area contributed by atoms with E-state index in [9.17, 15) is 14.4 Å². The number of likely N-dealkylation sites (tertiary alicyclic amines) is 3. The zero-order valence-electron chi connectivity index (χ0n) is 83.7. The first-order chi connectivity index (χ1) is 64.2. The van der Waals surface area contributed by atoms with Crippen molar-refractivity contribution >= 4 is 53.4 Å². The van der Waals surface area contributed by atoms with Crippen molar-refractivity contribution in [3.8, 4) is 53.3 Å². The summed E-state index contributed by atoms with van der Waals surface area (Å²) in [7, 11) is 0. The normalized spacial score (nSPS) is 14.0. The topological polar surface area (TPSA) is 460 Å². The molecule has 3 aromatic carbocycles. The predicted molar refractivity (Wildman–Crippen MR) is 524 cm³/mol. The van der Waals surface area contributed by atoms with Crippen molar-refractivity contribution in [1.29, 1.82) is 0 Å². The molecule has 0 spiro atoms. The maximum absolute atomic E-state index is 12.6. The minimum absolute atomic E-state index is 0.00522. The quantitative estimate of drug-likeness (QED) is 0.0131. The number of carbonyl (C=O) groups is 3. The lowest BCUT2D eigenvalue weighted by atomic mass is 10.0. The van der Waals surface area contributed by atoms with Crippen molar-refractivity contribution in [2.75, 3.05) is 77.8 Å². The van der Waals surface area contributed by atoms with Crippen LogP contribution in [0.5, 0.6) is 53.3 Å². The minimum Gasteiger partial charge on any atom is -0.457 e. The summed E-state index contributed by atoms with van der Waals surface area (Å²) in [6.07, 6.45) is 12.0. The van der Waals surface area contributed by atoms with Crippen molar-refractivity contribution in [3.63, 3.8) is 0 Å². The van der Waals surface area contributed by atoms with Crippen molar-refractivity contribution in [1.82, 2.24) is 110 Å². The molecule has 135 heavy (non-hydrogen) atoms. The number of nitrogens with zero attached hydrogens (tertiary/aromatic N) is 22. The van der Waals surface area contributed by atoms with Gasteiger partial charge in [0.15, 0.2) is 0 Å². The highest BCUT2D eigenvalue weighted by Gasteiger charge is 2.30. The molecule has 3 fully saturated rings. The molecule has 3 aliphatic rings. The highest BCUT2D eigenvalue weighted by Crippen LogP contribution is 2.33. The molecule has 0 aliphatic carbocycles. The summed E-state index contributed by atoms with van der Waals surface area (Å²) in [5.41, 5.74) is 11.1. The van der Waals surface area contributed by atoms with E-state index in [4.69, 9.17) is 54.9 Å². The van der Waals surface area contributed by atoms with E-state index in [1.54, 1.807) is 28.0 Å². The van der Waals surface area contributed by atoms with Crippen LogP contribution in [0.3, 0.4) is 0 Å². The summed E-state index contributed by atoms with van der Waals surface area (Å²) in [5, 5.41) is 37.9.